The summed E-state index contributed by atoms with van der Waals surface area (Å²) in [5, 5.41) is 3.84. The first kappa shape index (κ1) is 17.7. The van der Waals surface area contributed by atoms with Crippen molar-refractivity contribution in [3.8, 4) is 5.75 Å². The van der Waals surface area contributed by atoms with Gasteiger partial charge in [0.2, 0.25) is 0 Å². The number of ether oxygens (including phenoxy) is 1. The molecule has 138 valence electrons. The summed E-state index contributed by atoms with van der Waals surface area (Å²) in [6.07, 6.45) is 9.24. The molecule has 1 saturated carbocycles. The standard InChI is InChI=1S/C22H27NO2S/c24-22(18-12-15-26-16-18)17-8-10-19(11-9-17)25-21-7-3-2-6-20(21)23-13-4-1-5-14-23/h8-12,15-16,20-21H,1-7,13-14H2/t20-,21-/m0/s1. The monoisotopic (exact) mass is 369 g/mol. The molecular formula is C22H27NO2S. The molecule has 1 saturated heterocycles. The van der Waals surface area contributed by atoms with Crippen molar-refractivity contribution in [1.29, 1.82) is 0 Å². The van der Waals surface area contributed by atoms with Gasteiger partial charge in [-0.2, -0.15) is 11.3 Å². The van der Waals surface area contributed by atoms with Crippen molar-refractivity contribution in [1.82, 2.24) is 4.90 Å². The zero-order chi connectivity index (χ0) is 17.8. The Morgan fingerprint density at radius 3 is 2.42 bits per heavy atom. The Morgan fingerprint density at radius 2 is 1.69 bits per heavy atom. The SMILES string of the molecule is O=C(c1ccc(O[C@H]2CCCC[C@@H]2N2CCCCC2)cc1)c1ccsc1. The van der Waals surface area contributed by atoms with Crippen LogP contribution in [0.3, 0.4) is 0 Å². The van der Waals surface area contributed by atoms with Crippen molar-refractivity contribution in [2.45, 2.75) is 57.1 Å². The molecule has 1 aliphatic carbocycles. The van der Waals surface area contributed by atoms with E-state index in [0.29, 0.717) is 6.04 Å². The predicted molar refractivity (Wildman–Crippen MR) is 106 cm³/mol. The van der Waals surface area contributed by atoms with E-state index in [9.17, 15) is 4.79 Å². The summed E-state index contributed by atoms with van der Waals surface area (Å²) in [7, 11) is 0. The topological polar surface area (TPSA) is 29.5 Å². The van der Waals surface area contributed by atoms with Crippen LogP contribution in [0.25, 0.3) is 0 Å². The maximum atomic E-state index is 12.4. The van der Waals surface area contributed by atoms with E-state index in [-0.39, 0.29) is 11.9 Å². The Hall–Kier alpha value is -1.65. The highest BCUT2D eigenvalue weighted by molar-refractivity contribution is 7.08. The van der Waals surface area contributed by atoms with Crippen molar-refractivity contribution in [2.75, 3.05) is 13.1 Å². The van der Waals surface area contributed by atoms with Crippen LogP contribution in [0.15, 0.2) is 41.1 Å². The van der Waals surface area contributed by atoms with Crippen LogP contribution in [-0.2, 0) is 0 Å². The van der Waals surface area contributed by atoms with Crippen LogP contribution in [0.5, 0.6) is 5.75 Å². The Morgan fingerprint density at radius 1 is 0.923 bits per heavy atom. The lowest BCUT2D eigenvalue weighted by Crippen LogP contribution is -2.49. The molecule has 0 radical (unpaired) electrons. The molecule has 0 unspecified atom stereocenters. The lowest BCUT2D eigenvalue weighted by molar-refractivity contribution is 0.0261. The number of carbonyl (C=O) groups is 1. The molecule has 4 rings (SSSR count). The second kappa shape index (κ2) is 8.36. The van der Waals surface area contributed by atoms with Crippen molar-refractivity contribution < 1.29 is 9.53 Å². The van der Waals surface area contributed by atoms with Gasteiger partial charge in [-0.1, -0.05) is 12.8 Å². The average Bonchev–Trinajstić information content (AvgIpc) is 3.24. The molecular weight excluding hydrogens is 342 g/mol. The summed E-state index contributed by atoms with van der Waals surface area (Å²) in [6, 6.07) is 10.1. The summed E-state index contributed by atoms with van der Waals surface area (Å²) in [4.78, 5) is 15.1. The van der Waals surface area contributed by atoms with E-state index in [1.807, 2.05) is 41.1 Å². The van der Waals surface area contributed by atoms with Gasteiger partial charge in [0.05, 0.1) is 0 Å². The molecule has 0 amide bonds. The van der Waals surface area contributed by atoms with E-state index in [4.69, 9.17) is 4.74 Å². The fraction of sp³-hybridized carbons (Fsp3) is 0.500. The zero-order valence-corrected chi connectivity index (χ0v) is 16.0. The van der Waals surface area contributed by atoms with Crippen molar-refractivity contribution in [3.63, 3.8) is 0 Å². The van der Waals surface area contributed by atoms with Gasteiger partial charge in [-0.3, -0.25) is 9.69 Å². The number of benzene rings is 1. The Balaban J connectivity index is 1.43. The lowest BCUT2D eigenvalue weighted by Gasteiger charge is -2.41. The van der Waals surface area contributed by atoms with Crippen LogP contribution >= 0.6 is 11.3 Å². The molecule has 2 fully saturated rings. The molecule has 3 nitrogen and oxygen atoms in total. The van der Waals surface area contributed by atoms with E-state index < -0.39 is 0 Å². The minimum Gasteiger partial charge on any atom is -0.489 e. The first-order valence-corrected chi connectivity index (χ1v) is 10.8. The number of ketones is 1. The third-order valence-electron chi connectivity index (χ3n) is 5.71. The summed E-state index contributed by atoms with van der Waals surface area (Å²) in [5.41, 5.74) is 1.49. The van der Waals surface area contributed by atoms with E-state index in [0.717, 1.165) is 23.3 Å². The van der Waals surface area contributed by atoms with Gasteiger partial charge >= 0.3 is 0 Å². The number of nitrogens with zero attached hydrogens (tertiary/aromatic N) is 1. The van der Waals surface area contributed by atoms with Crippen molar-refractivity contribution >= 4 is 17.1 Å². The largest absolute Gasteiger partial charge is 0.489 e. The highest BCUT2D eigenvalue weighted by Gasteiger charge is 2.32. The second-order valence-corrected chi connectivity index (χ2v) is 8.25. The van der Waals surface area contributed by atoms with Crippen LogP contribution < -0.4 is 4.74 Å². The highest BCUT2D eigenvalue weighted by atomic mass is 32.1. The fourth-order valence-electron chi connectivity index (χ4n) is 4.30. The van der Waals surface area contributed by atoms with E-state index in [1.54, 1.807) is 11.3 Å². The zero-order valence-electron chi connectivity index (χ0n) is 15.2. The molecule has 0 bridgehead atoms. The Bertz CT molecular complexity index is 704. The predicted octanol–water partition coefficient (Wildman–Crippen LogP) is 5.16. The van der Waals surface area contributed by atoms with Crippen LogP contribution in [0.2, 0.25) is 0 Å². The molecule has 0 spiro atoms. The van der Waals surface area contributed by atoms with Gasteiger partial charge < -0.3 is 4.74 Å². The summed E-state index contributed by atoms with van der Waals surface area (Å²) < 4.78 is 6.40. The van der Waals surface area contributed by atoms with Crippen molar-refractivity contribution in [2.24, 2.45) is 0 Å². The number of hydrogen-bond acceptors (Lipinski definition) is 4. The molecule has 2 aromatic rings. The number of likely N-dealkylation sites (tertiary alicyclic amines) is 1. The maximum absolute atomic E-state index is 12.4. The van der Waals surface area contributed by atoms with E-state index in [2.05, 4.69) is 4.90 Å². The minimum absolute atomic E-state index is 0.0849. The number of hydrogen-bond donors (Lipinski definition) is 0. The van der Waals surface area contributed by atoms with Gasteiger partial charge in [-0.25, -0.2) is 0 Å². The van der Waals surface area contributed by atoms with Gasteiger partial charge in [0.1, 0.15) is 11.9 Å². The average molecular weight is 370 g/mol. The fourth-order valence-corrected chi connectivity index (χ4v) is 4.94. The summed E-state index contributed by atoms with van der Waals surface area (Å²) >= 11 is 1.55. The van der Waals surface area contributed by atoms with Gasteiger partial charge in [0.25, 0.3) is 0 Å². The molecule has 2 heterocycles. The first-order chi connectivity index (χ1) is 12.8. The summed E-state index contributed by atoms with van der Waals surface area (Å²) in [6.45, 7) is 2.44. The van der Waals surface area contributed by atoms with Crippen LogP contribution in [0.1, 0.15) is 60.9 Å². The number of piperidine rings is 1. The maximum Gasteiger partial charge on any atom is 0.193 e. The Labute approximate surface area is 160 Å². The molecule has 2 aliphatic rings. The third kappa shape index (κ3) is 4.02. The van der Waals surface area contributed by atoms with Crippen LogP contribution in [0, 0.1) is 0 Å². The molecule has 1 aliphatic heterocycles. The second-order valence-electron chi connectivity index (χ2n) is 7.47. The Kier molecular flexibility index (Phi) is 5.71. The lowest BCUT2D eigenvalue weighted by atomic mass is 9.90. The minimum atomic E-state index is 0.0849. The smallest absolute Gasteiger partial charge is 0.193 e. The van der Waals surface area contributed by atoms with Gasteiger partial charge in [-0.05, 0) is 80.9 Å². The third-order valence-corrected chi connectivity index (χ3v) is 6.40. The van der Waals surface area contributed by atoms with Crippen molar-refractivity contribution in [3.05, 3.63) is 52.2 Å². The normalized spacial score (nSPS) is 24.3. The molecule has 1 aromatic heterocycles. The quantitative estimate of drug-likeness (QED) is 0.682. The molecule has 0 N–H and O–H groups in total. The van der Waals surface area contributed by atoms with Crippen LogP contribution in [0.4, 0.5) is 0 Å². The van der Waals surface area contributed by atoms with Gasteiger partial charge in [0.15, 0.2) is 5.78 Å². The molecule has 4 heteroatoms. The van der Waals surface area contributed by atoms with E-state index in [1.165, 1.54) is 51.6 Å². The van der Waals surface area contributed by atoms with Crippen LogP contribution in [-0.4, -0.2) is 35.9 Å². The highest BCUT2D eigenvalue weighted by Crippen LogP contribution is 2.29. The first-order valence-electron chi connectivity index (χ1n) is 9.89. The molecule has 1 aromatic carbocycles. The molecule has 2 atom stereocenters. The van der Waals surface area contributed by atoms with E-state index >= 15 is 0 Å². The number of carbonyl (C=O) groups excluding carboxylic acids is 1. The number of thiophene rings is 1. The van der Waals surface area contributed by atoms with Gasteiger partial charge in [-0.15, -0.1) is 0 Å². The van der Waals surface area contributed by atoms with Gasteiger partial charge in [0, 0.05) is 22.5 Å². The summed E-state index contributed by atoms with van der Waals surface area (Å²) in [5.74, 6) is 0.974. The molecule has 26 heavy (non-hydrogen) atoms. The number of rotatable bonds is 5.